The molecule has 0 amide bonds. The lowest BCUT2D eigenvalue weighted by Crippen LogP contribution is -2.17. The molecule has 0 bridgehead atoms. The van der Waals surface area contributed by atoms with Gasteiger partial charge in [-0.1, -0.05) is 0 Å². The topological polar surface area (TPSA) is 50.4 Å². The predicted molar refractivity (Wildman–Crippen MR) is 52.3 cm³/mol. The standard InChI is InChI=1S/C9H17N3/c1-7(10)5-9(11-2)8-3-4-12-6-8/h5,8,12H,3-4,6,10H2,1-2H3/b7-5+,11-9?. The number of nitrogens with zero attached hydrogens (tertiary/aromatic N) is 1. The van der Waals surface area contributed by atoms with Crippen LogP contribution in [0.25, 0.3) is 0 Å². The van der Waals surface area contributed by atoms with Gasteiger partial charge in [0.15, 0.2) is 0 Å². The van der Waals surface area contributed by atoms with Gasteiger partial charge in [0.05, 0.1) is 0 Å². The lowest BCUT2D eigenvalue weighted by atomic mass is 10.0. The molecule has 0 spiro atoms. The second kappa shape index (κ2) is 4.26. The number of nitrogens with one attached hydrogen (secondary N) is 1. The van der Waals surface area contributed by atoms with E-state index in [1.807, 2.05) is 20.0 Å². The Morgan fingerprint density at radius 1 is 1.67 bits per heavy atom. The minimum Gasteiger partial charge on any atom is -0.402 e. The monoisotopic (exact) mass is 167 g/mol. The van der Waals surface area contributed by atoms with Crippen LogP contribution in [0.4, 0.5) is 0 Å². The highest BCUT2D eigenvalue weighted by atomic mass is 14.9. The molecule has 0 saturated carbocycles. The van der Waals surface area contributed by atoms with Crippen LogP contribution in [0.2, 0.25) is 0 Å². The number of allylic oxidation sites excluding steroid dienone is 2. The van der Waals surface area contributed by atoms with E-state index in [2.05, 4.69) is 10.3 Å². The molecule has 0 radical (unpaired) electrons. The third kappa shape index (κ3) is 2.34. The Morgan fingerprint density at radius 3 is 2.83 bits per heavy atom. The number of aliphatic imine (C=N–C) groups is 1. The van der Waals surface area contributed by atoms with Gasteiger partial charge in [-0.05, 0) is 26.0 Å². The quantitative estimate of drug-likeness (QED) is 0.589. The van der Waals surface area contributed by atoms with Crippen LogP contribution >= 0.6 is 0 Å². The van der Waals surface area contributed by atoms with Crippen molar-refractivity contribution in [3.05, 3.63) is 11.8 Å². The van der Waals surface area contributed by atoms with Crippen molar-refractivity contribution in [1.82, 2.24) is 5.32 Å². The first-order valence-corrected chi connectivity index (χ1v) is 4.35. The van der Waals surface area contributed by atoms with Gasteiger partial charge in [0.1, 0.15) is 0 Å². The first kappa shape index (κ1) is 9.26. The zero-order valence-electron chi connectivity index (χ0n) is 7.80. The van der Waals surface area contributed by atoms with Gasteiger partial charge in [-0.25, -0.2) is 0 Å². The Morgan fingerprint density at radius 2 is 2.42 bits per heavy atom. The fraction of sp³-hybridized carbons (Fsp3) is 0.667. The summed E-state index contributed by atoms with van der Waals surface area (Å²) in [6.07, 6.45) is 3.15. The van der Waals surface area contributed by atoms with Crippen molar-refractivity contribution in [2.24, 2.45) is 16.6 Å². The molecule has 1 saturated heterocycles. The van der Waals surface area contributed by atoms with Crippen LogP contribution in [-0.2, 0) is 0 Å². The van der Waals surface area contributed by atoms with Crippen LogP contribution < -0.4 is 11.1 Å². The van der Waals surface area contributed by atoms with Gasteiger partial charge >= 0.3 is 0 Å². The lowest BCUT2D eigenvalue weighted by Gasteiger charge is -2.07. The van der Waals surface area contributed by atoms with E-state index in [1.165, 1.54) is 6.42 Å². The smallest absolute Gasteiger partial charge is 0.0405 e. The normalized spacial score (nSPS) is 26.3. The molecule has 1 unspecified atom stereocenters. The molecule has 3 N–H and O–H groups in total. The van der Waals surface area contributed by atoms with E-state index in [0.29, 0.717) is 5.92 Å². The Kier molecular flexibility index (Phi) is 3.29. The van der Waals surface area contributed by atoms with Crippen molar-refractivity contribution in [3.63, 3.8) is 0 Å². The minimum atomic E-state index is 0.563. The SMILES string of the molecule is CN=C(/C=C(\C)N)C1CCNC1. The highest BCUT2D eigenvalue weighted by Crippen LogP contribution is 2.11. The molecule has 3 heteroatoms. The molecule has 0 aliphatic carbocycles. The van der Waals surface area contributed by atoms with Crippen molar-refractivity contribution in [2.75, 3.05) is 20.1 Å². The molecule has 0 aromatic heterocycles. The second-order valence-electron chi connectivity index (χ2n) is 3.23. The maximum atomic E-state index is 5.60. The maximum Gasteiger partial charge on any atom is 0.0405 e. The van der Waals surface area contributed by atoms with E-state index in [4.69, 9.17) is 5.73 Å². The summed E-state index contributed by atoms with van der Waals surface area (Å²) in [4.78, 5) is 4.23. The van der Waals surface area contributed by atoms with Gasteiger partial charge in [-0.3, -0.25) is 4.99 Å². The molecule has 1 rings (SSSR count). The molecule has 1 heterocycles. The number of hydrogen-bond donors (Lipinski definition) is 2. The molecule has 1 fully saturated rings. The van der Waals surface area contributed by atoms with Crippen molar-refractivity contribution in [3.8, 4) is 0 Å². The molecule has 68 valence electrons. The van der Waals surface area contributed by atoms with Gasteiger partial charge in [0, 0.05) is 30.9 Å². The molecular formula is C9H17N3. The predicted octanol–water partition coefficient (Wildman–Crippen LogP) is 0.529. The highest BCUT2D eigenvalue weighted by molar-refractivity contribution is 5.97. The zero-order chi connectivity index (χ0) is 8.97. The average molecular weight is 167 g/mol. The first-order chi connectivity index (χ1) is 5.74. The van der Waals surface area contributed by atoms with E-state index in [9.17, 15) is 0 Å². The second-order valence-corrected chi connectivity index (χ2v) is 3.23. The van der Waals surface area contributed by atoms with Gasteiger partial charge in [-0.2, -0.15) is 0 Å². The Bertz CT molecular complexity index is 196. The fourth-order valence-corrected chi connectivity index (χ4v) is 1.51. The third-order valence-corrected chi connectivity index (χ3v) is 2.11. The van der Waals surface area contributed by atoms with Crippen LogP contribution in [0.1, 0.15) is 13.3 Å². The van der Waals surface area contributed by atoms with E-state index in [1.54, 1.807) is 0 Å². The summed E-state index contributed by atoms with van der Waals surface area (Å²) in [6, 6.07) is 0. The first-order valence-electron chi connectivity index (χ1n) is 4.35. The third-order valence-electron chi connectivity index (χ3n) is 2.11. The summed E-state index contributed by atoms with van der Waals surface area (Å²) in [7, 11) is 1.83. The van der Waals surface area contributed by atoms with Crippen LogP contribution in [0, 0.1) is 5.92 Å². The lowest BCUT2D eigenvalue weighted by molar-refractivity contribution is 0.772. The fourth-order valence-electron chi connectivity index (χ4n) is 1.51. The van der Waals surface area contributed by atoms with Gasteiger partial charge in [-0.15, -0.1) is 0 Å². The van der Waals surface area contributed by atoms with Gasteiger partial charge in [0.25, 0.3) is 0 Å². The highest BCUT2D eigenvalue weighted by Gasteiger charge is 2.18. The average Bonchev–Trinajstić information content (AvgIpc) is 2.51. The van der Waals surface area contributed by atoms with Crippen molar-refractivity contribution in [2.45, 2.75) is 13.3 Å². The molecule has 1 atom stereocenters. The number of nitrogens with two attached hydrogens (primary N) is 1. The van der Waals surface area contributed by atoms with Crippen molar-refractivity contribution >= 4 is 5.71 Å². The number of rotatable bonds is 2. The molecular weight excluding hydrogens is 150 g/mol. The summed E-state index contributed by atoms with van der Waals surface area (Å²) in [5, 5.41) is 3.31. The summed E-state index contributed by atoms with van der Waals surface area (Å²) < 4.78 is 0. The largest absolute Gasteiger partial charge is 0.402 e. The molecule has 0 aromatic carbocycles. The van der Waals surface area contributed by atoms with E-state index in [0.717, 1.165) is 24.5 Å². The number of hydrogen-bond acceptors (Lipinski definition) is 3. The van der Waals surface area contributed by atoms with Gasteiger partial charge in [0.2, 0.25) is 0 Å². The summed E-state index contributed by atoms with van der Waals surface area (Å²) in [5.41, 5.74) is 7.56. The summed E-state index contributed by atoms with van der Waals surface area (Å²) in [5.74, 6) is 0.563. The van der Waals surface area contributed by atoms with Crippen LogP contribution in [0.3, 0.4) is 0 Å². The Hall–Kier alpha value is -0.830. The van der Waals surface area contributed by atoms with Crippen LogP contribution in [0.15, 0.2) is 16.8 Å². The van der Waals surface area contributed by atoms with E-state index >= 15 is 0 Å². The van der Waals surface area contributed by atoms with Crippen molar-refractivity contribution in [1.29, 1.82) is 0 Å². The summed E-state index contributed by atoms with van der Waals surface area (Å²) in [6.45, 7) is 4.03. The van der Waals surface area contributed by atoms with E-state index in [-0.39, 0.29) is 0 Å². The maximum absolute atomic E-state index is 5.60. The minimum absolute atomic E-state index is 0.563. The molecule has 1 aliphatic rings. The molecule has 3 nitrogen and oxygen atoms in total. The summed E-state index contributed by atoms with van der Waals surface area (Å²) >= 11 is 0. The molecule has 12 heavy (non-hydrogen) atoms. The molecule has 1 aliphatic heterocycles. The van der Waals surface area contributed by atoms with Crippen LogP contribution in [0.5, 0.6) is 0 Å². The zero-order valence-corrected chi connectivity index (χ0v) is 7.80. The van der Waals surface area contributed by atoms with Crippen molar-refractivity contribution < 1.29 is 0 Å². The Labute approximate surface area is 73.7 Å². The van der Waals surface area contributed by atoms with Gasteiger partial charge < -0.3 is 11.1 Å². The van der Waals surface area contributed by atoms with E-state index < -0.39 is 0 Å². The van der Waals surface area contributed by atoms with Crippen LogP contribution in [-0.4, -0.2) is 25.8 Å². The Balaban J connectivity index is 2.62. The molecule has 0 aromatic rings.